The van der Waals surface area contributed by atoms with E-state index in [2.05, 4.69) is 5.32 Å². The molecule has 0 radical (unpaired) electrons. The minimum absolute atomic E-state index is 0.00165. The molecule has 2 aromatic carbocycles. The van der Waals surface area contributed by atoms with Crippen LogP contribution in [0.5, 0.6) is 0 Å². The standard InChI is InChI=1S/C19H15N3O4/c23-18(20-15-7-2-1-3-8-15)17-10-5-11-21(19(17)24)13-14-6-4-9-16(12-14)22(25)26/h1-12H,13H2,(H,20,23). The fourth-order valence-corrected chi connectivity index (χ4v) is 2.52. The summed E-state index contributed by atoms with van der Waals surface area (Å²) in [5.41, 5.74) is 0.677. The lowest BCUT2D eigenvalue weighted by Gasteiger charge is -2.09. The maximum Gasteiger partial charge on any atom is 0.269 e. The number of benzene rings is 2. The summed E-state index contributed by atoms with van der Waals surface area (Å²) in [7, 11) is 0. The van der Waals surface area contributed by atoms with E-state index in [0.717, 1.165) is 0 Å². The molecule has 1 aromatic heterocycles. The van der Waals surface area contributed by atoms with Crippen molar-refractivity contribution in [2.75, 3.05) is 5.32 Å². The SMILES string of the molecule is O=C(Nc1ccccc1)c1cccn(Cc2cccc([N+](=O)[O-])c2)c1=O. The Hall–Kier alpha value is -3.74. The minimum Gasteiger partial charge on any atom is -0.322 e. The second-order valence-corrected chi connectivity index (χ2v) is 5.60. The number of carbonyl (C=O) groups is 1. The van der Waals surface area contributed by atoms with Crippen molar-refractivity contribution in [2.24, 2.45) is 0 Å². The van der Waals surface area contributed by atoms with Gasteiger partial charge in [-0.2, -0.15) is 0 Å². The van der Waals surface area contributed by atoms with E-state index < -0.39 is 16.4 Å². The molecule has 1 amide bonds. The predicted octanol–water partition coefficient (Wildman–Crippen LogP) is 3.06. The highest BCUT2D eigenvalue weighted by Gasteiger charge is 2.13. The molecule has 0 spiro atoms. The van der Waals surface area contributed by atoms with E-state index in [1.165, 1.54) is 22.8 Å². The first-order valence-corrected chi connectivity index (χ1v) is 7.84. The fraction of sp³-hybridized carbons (Fsp3) is 0.0526. The highest BCUT2D eigenvalue weighted by molar-refractivity contribution is 6.03. The normalized spacial score (nSPS) is 10.3. The molecule has 26 heavy (non-hydrogen) atoms. The second kappa shape index (κ2) is 7.43. The number of nitro benzene ring substituents is 1. The number of para-hydroxylation sites is 1. The number of rotatable bonds is 5. The molecule has 0 atom stereocenters. The lowest BCUT2D eigenvalue weighted by atomic mass is 10.2. The summed E-state index contributed by atoms with van der Waals surface area (Å²) < 4.78 is 1.35. The Morgan fingerprint density at radius 1 is 1.04 bits per heavy atom. The molecule has 1 N–H and O–H groups in total. The Morgan fingerprint density at radius 3 is 2.54 bits per heavy atom. The number of non-ortho nitro benzene ring substituents is 1. The first-order chi connectivity index (χ1) is 12.5. The molecule has 0 saturated heterocycles. The number of nitrogens with one attached hydrogen (secondary N) is 1. The van der Waals surface area contributed by atoms with Gasteiger partial charge in [-0.15, -0.1) is 0 Å². The first kappa shape index (κ1) is 17.1. The van der Waals surface area contributed by atoms with Crippen molar-refractivity contribution < 1.29 is 9.72 Å². The number of hydrogen-bond acceptors (Lipinski definition) is 4. The largest absolute Gasteiger partial charge is 0.322 e. The average molecular weight is 349 g/mol. The quantitative estimate of drug-likeness (QED) is 0.566. The number of carbonyl (C=O) groups excluding carboxylic acids is 1. The van der Waals surface area contributed by atoms with Crippen molar-refractivity contribution in [1.29, 1.82) is 0 Å². The van der Waals surface area contributed by atoms with Crippen molar-refractivity contribution >= 4 is 17.3 Å². The molecule has 0 aliphatic heterocycles. The molecule has 0 aliphatic rings. The molecule has 1 heterocycles. The molecule has 0 aliphatic carbocycles. The van der Waals surface area contributed by atoms with Crippen LogP contribution in [0.4, 0.5) is 11.4 Å². The lowest BCUT2D eigenvalue weighted by Crippen LogP contribution is -2.29. The Kier molecular flexibility index (Phi) is 4.89. The zero-order chi connectivity index (χ0) is 18.5. The summed E-state index contributed by atoms with van der Waals surface area (Å²) >= 11 is 0. The van der Waals surface area contributed by atoms with Gasteiger partial charge in [0.25, 0.3) is 17.2 Å². The van der Waals surface area contributed by atoms with Gasteiger partial charge < -0.3 is 9.88 Å². The first-order valence-electron chi connectivity index (χ1n) is 7.84. The molecular weight excluding hydrogens is 334 g/mol. The van der Waals surface area contributed by atoms with Gasteiger partial charge in [0.15, 0.2) is 0 Å². The Balaban J connectivity index is 1.85. The summed E-state index contributed by atoms with van der Waals surface area (Å²) in [6.07, 6.45) is 1.54. The number of anilines is 1. The average Bonchev–Trinajstić information content (AvgIpc) is 2.64. The lowest BCUT2D eigenvalue weighted by molar-refractivity contribution is -0.384. The molecule has 0 bridgehead atoms. The van der Waals surface area contributed by atoms with Crippen LogP contribution < -0.4 is 10.9 Å². The van der Waals surface area contributed by atoms with E-state index >= 15 is 0 Å². The van der Waals surface area contributed by atoms with Crippen LogP contribution in [0.1, 0.15) is 15.9 Å². The van der Waals surface area contributed by atoms with Gasteiger partial charge in [0.2, 0.25) is 0 Å². The van der Waals surface area contributed by atoms with Crippen molar-refractivity contribution in [3.05, 3.63) is 105 Å². The van der Waals surface area contributed by atoms with Gasteiger partial charge in [-0.1, -0.05) is 30.3 Å². The fourth-order valence-electron chi connectivity index (χ4n) is 2.52. The summed E-state index contributed by atoms with van der Waals surface area (Å²) in [5, 5.41) is 13.5. The Bertz CT molecular complexity index is 1010. The van der Waals surface area contributed by atoms with Crippen LogP contribution in [-0.2, 0) is 6.54 Å². The van der Waals surface area contributed by atoms with Crippen LogP contribution in [0.25, 0.3) is 0 Å². The van der Waals surface area contributed by atoms with Gasteiger partial charge in [0.05, 0.1) is 11.5 Å². The van der Waals surface area contributed by atoms with E-state index in [-0.39, 0.29) is 17.8 Å². The number of pyridine rings is 1. The smallest absolute Gasteiger partial charge is 0.269 e. The highest BCUT2D eigenvalue weighted by atomic mass is 16.6. The molecule has 0 unspecified atom stereocenters. The van der Waals surface area contributed by atoms with Gasteiger partial charge in [0, 0.05) is 24.0 Å². The zero-order valence-corrected chi connectivity index (χ0v) is 13.7. The van der Waals surface area contributed by atoms with Crippen LogP contribution in [-0.4, -0.2) is 15.4 Å². The van der Waals surface area contributed by atoms with E-state index in [9.17, 15) is 19.7 Å². The van der Waals surface area contributed by atoms with Crippen LogP contribution >= 0.6 is 0 Å². The van der Waals surface area contributed by atoms with Crippen LogP contribution in [0.15, 0.2) is 77.7 Å². The molecular formula is C19H15N3O4. The summed E-state index contributed by atoms with van der Waals surface area (Å²) in [6, 6.07) is 17.9. The highest BCUT2D eigenvalue weighted by Crippen LogP contribution is 2.14. The number of amides is 1. The topological polar surface area (TPSA) is 94.2 Å². The van der Waals surface area contributed by atoms with Crippen molar-refractivity contribution in [3.63, 3.8) is 0 Å². The third kappa shape index (κ3) is 3.84. The zero-order valence-electron chi connectivity index (χ0n) is 13.7. The van der Waals surface area contributed by atoms with Crippen LogP contribution in [0.3, 0.4) is 0 Å². The summed E-state index contributed by atoms with van der Waals surface area (Å²) in [4.78, 5) is 35.3. The van der Waals surface area contributed by atoms with E-state index in [0.29, 0.717) is 11.3 Å². The molecule has 0 saturated carbocycles. The number of nitro groups is 1. The van der Waals surface area contributed by atoms with Crippen molar-refractivity contribution in [2.45, 2.75) is 6.54 Å². The predicted molar refractivity (Wildman–Crippen MR) is 97.3 cm³/mol. The second-order valence-electron chi connectivity index (χ2n) is 5.60. The maximum absolute atomic E-state index is 12.6. The minimum atomic E-state index is -0.505. The molecule has 0 fully saturated rings. The Labute approximate surface area is 148 Å². The van der Waals surface area contributed by atoms with Crippen molar-refractivity contribution in [1.82, 2.24) is 4.57 Å². The van der Waals surface area contributed by atoms with Gasteiger partial charge >= 0.3 is 0 Å². The van der Waals surface area contributed by atoms with Crippen LogP contribution in [0, 0.1) is 10.1 Å². The van der Waals surface area contributed by atoms with Gasteiger partial charge in [-0.25, -0.2) is 0 Å². The molecule has 3 aromatic rings. The van der Waals surface area contributed by atoms with E-state index in [4.69, 9.17) is 0 Å². The monoisotopic (exact) mass is 349 g/mol. The number of hydrogen-bond donors (Lipinski definition) is 1. The molecule has 130 valence electrons. The van der Waals surface area contributed by atoms with Crippen molar-refractivity contribution in [3.8, 4) is 0 Å². The van der Waals surface area contributed by atoms with Gasteiger partial charge in [0.1, 0.15) is 5.56 Å². The third-order valence-electron chi connectivity index (χ3n) is 3.77. The Morgan fingerprint density at radius 2 is 1.81 bits per heavy atom. The molecule has 3 rings (SSSR count). The van der Waals surface area contributed by atoms with Gasteiger partial charge in [-0.3, -0.25) is 19.7 Å². The van der Waals surface area contributed by atoms with Gasteiger partial charge in [-0.05, 0) is 29.8 Å². The van der Waals surface area contributed by atoms with E-state index in [1.807, 2.05) is 6.07 Å². The maximum atomic E-state index is 12.6. The third-order valence-corrected chi connectivity index (χ3v) is 3.77. The number of nitrogens with zero attached hydrogens (tertiary/aromatic N) is 2. The number of aromatic nitrogens is 1. The van der Waals surface area contributed by atoms with E-state index in [1.54, 1.807) is 48.7 Å². The van der Waals surface area contributed by atoms with Crippen LogP contribution in [0.2, 0.25) is 0 Å². The molecule has 7 nitrogen and oxygen atoms in total. The summed E-state index contributed by atoms with van der Waals surface area (Å²) in [6.45, 7) is 0.132. The summed E-state index contributed by atoms with van der Waals surface area (Å²) in [5.74, 6) is -0.505. The molecule has 7 heteroatoms.